The minimum atomic E-state index is -0.504. The van der Waals surface area contributed by atoms with Crippen molar-refractivity contribution in [3.63, 3.8) is 0 Å². The molecule has 0 heterocycles. The molecule has 0 aliphatic rings. The lowest BCUT2D eigenvalue weighted by Crippen LogP contribution is -2.11. The van der Waals surface area contributed by atoms with Gasteiger partial charge in [-0.2, -0.15) is 15.6 Å². The van der Waals surface area contributed by atoms with E-state index in [0.29, 0.717) is 11.4 Å². The number of anilines is 2. The van der Waals surface area contributed by atoms with Crippen molar-refractivity contribution in [3.05, 3.63) is 53.1 Å². The molecular formula is C18H15N5O2. The summed E-state index contributed by atoms with van der Waals surface area (Å²) in [6, 6.07) is 13.3. The molecule has 25 heavy (non-hydrogen) atoms. The summed E-state index contributed by atoms with van der Waals surface area (Å²) in [5.41, 5.74) is 9.11. The highest BCUT2D eigenvalue weighted by Gasteiger charge is 2.14. The maximum Gasteiger partial charge on any atom is 0.338 e. The third kappa shape index (κ3) is 3.98. The fraction of sp³-hybridized carbons (Fsp3) is 0.167. The summed E-state index contributed by atoms with van der Waals surface area (Å²) in [6.45, 7) is 3.49. The van der Waals surface area contributed by atoms with Gasteiger partial charge in [0.2, 0.25) is 0 Å². The molecule has 7 heteroatoms. The lowest BCUT2D eigenvalue weighted by molar-refractivity contribution is 0.0378. The van der Waals surface area contributed by atoms with Gasteiger partial charge in [0.05, 0.1) is 34.2 Å². The summed E-state index contributed by atoms with van der Waals surface area (Å²) >= 11 is 0. The molecule has 2 N–H and O–H groups in total. The van der Waals surface area contributed by atoms with Crippen LogP contribution in [0.2, 0.25) is 0 Å². The van der Waals surface area contributed by atoms with E-state index >= 15 is 0 Å². The number of nitrogens with one attached hydrogen (secondary N) is 2. The van der Waals surface area contributed by atoms with E-state index < -0.39 is 5.97 Å². The Hall–Kier alpha value is -3.71. The van der Waals surface area contributed by atoms with E-state index in [2.05, 4.69) is 10.4 Å². The highest BCUT2D eigenvalue weighted by atomic mass is 16.5. The van der Waals surface area contributed by atoms with Gasteiger partial charge in [0.1, 0.15) is 17.8 Å². The molecule has 0 aliphatic carbocycles. The van der Waals surface area contributed by atoms with Crippen molar-refractivity contribution in [2.75, 3.05) is 5.32 Å². The van der Waals surface area contributed by atoms with Gasteiger partial charge in [-0.15, -0.1) is 0 Å². The number of nitrogens with zero attached hydrogens (tertiary/aromatic N) is 3. The van der Waals surface area contributed by atoms with Crippen molar-refractivity contribution in [1.82, 2.24) is 0 Å². The summed E-state index contributed by atoms with van der Waals surface area (Å²) in [5.74, 6) is -0.504. The molecule has 0 bridgehead atoms. The zero-order valence-corrected chi connectivity index (χ0v) is 13.7. The van der Waals surface area contributed by atoms with Crippen LogP contribution in [0.1, 0.15) is 35.3 Å². The molecule has 0 fully saturated rings. The number of esters is 1. The predicted molar refractivity (Wildman–Crippen MR) is 91.0 cm³/mol. The van der Waals surface area contributed by atoms with Gasteiger partial charge in [-0.05, 0) is 44.2 Å². The van der Waals surface area contributed by atoms with Gasteiger partial charge in [0, 0.05) is 0 Å². The highest BCUT2D eigenvalue weighted by Crippen LogP contribution is 2.31. The number of benzene rings is 2. The quantitative estimate of drug-likeness (QED) is 0.620. The topological polar surface area (TPSA) is 122 Å². The molecule has 0 aromatic heterocycles. The molecule has 0 spiro atoms. The first kappa shape index (κ1) is 17.6. The van der Waals surface area contributed by atoms with Crippen molar-refractivity contribution in [1.29, 1.82) is 16.1 Å². The van der Waals surface area contributed by atoms with Gasteiger partial charge in [-0.1, -0.05) is 6.07 Å². The molecule has 0 aliphatic heterocycles. The number of carbonyl (C=O) groups is 1. The Morgan fingerprint density at radius 3 is 2.56 bits per heavy atom. The average molecular weight is 333 g/mol. The molecule has 0 saturated carbocycles. The zero-order chi connectivity index (χ0) is 18.4. The van der Waals surface area contributed by atoms with Crippen LogP contribution in [0.25, 0.3) is 0 Å². The Kier molecular flexibility index (Phi) is 5.44. The molecule has 2 aromatic carbocycles. The molecule has 2 rings (SSSR count). The van der Waals surface area contributed by atoms with Gasteiger partial charge in [0.15, 0.2) is 0 Å². The van der Waals surface area contributed by atoms with Crippen LogP contribution >= 0.6 is 0 Å². The molecule has 0 saturated heterocycles. The number of hydrogen-bond donors (Lipinski definition) is 2. The normalized spacial score (nSPS) is 9.80. The van der Waals surface area contributed by atoms with E-state index in [9.17, 15) is 10.1 Å². The van der Waals surface area contributed by atoms with E-state index in [1.165, 1.54) is 6.07 Å². The predicted octanol–water partition coefficient (Wildman–Crippen LogP) is 4.40. The van der Waals surface area contributed by atoms with Crippen molar-refractivity contribution < 1.29 is 9.53 Å². The first-order valence-electron chi connectivity index (χ1n) is 7.43. The third-order valence-electron chi connectivity index (χ3n) is 3.26. The zero-order valence-electron chi connectivity index (χ0n) is 13.7. The lowest BCUT2D eigenvalue weighted by Gasteiger charge is -2.13. The Labute approximate surface area is 145 Å². The van der Waals surface area contributed by atoms with Crippen LogP contribution in [-0.4, -0.2) is 12.1 Å². The Bertz CT molecular complexity index is 907. The standard InChI is InChI=1S/C18H15N5O2/c1-11(2)25-18(24)12-6-7-16(17(8-12)23-21)22-15-5-3-4-13(9-19)14(15)10-20/h3-8,11,21-22H,1-2H3. The Morgan fingerprint density at radius 1 is 1.20 bits per heavy atom. The van der Waals surface area contributed by atoms with Crippen molar-refractivity contribution >= 4 is 23.0 Å². The van der Waals surface area contributed by atoms with Crippen molar-refractivity contribution in [2.45, 2.75) is 20.0 Å². The van der Waals surface area contributed by atoms with Crippen LogP contribution < -0.4 is 5.32 Å². The monoisotopic (exact) mass is 333 g/mol. The van der Waals surface area contributed by atoms with Crippen molar-refractivity contribution in [3.8, 4) is 12.1 Å². The second-order valence-corrected chi connectivity index (χ2v) is 5.37. The number of carbonyl (C=O) groups excluding carboxylic acids is 1. The molecule has 7 nitrogen and oxygen atoms in total. The highest BCUT2D eigenvalue weighted by molar-refractivity contribution is 5.92. The first-order chi connectivity index (χ1) is 12.0. The van der Waals surface area contributed by atoms with E-state index in [-0.39, 0.29) is 28.5 Å². The fourth-order valence-corrected chi connectivity index (χ4v) is 2.15. The minimum Gasteiger partial charge on any atom is -0.459 e. The minimum absolute atomic E-state index is 0.198. The third-order valence-corrected chi connectivity index (χ3v) is 3.26. The van der Waals surface area contributed by atoms with Gasteiger partial charge in [0.25, 0.3) is 0 Å². The summed E-state index contributed by atoms with van der Waals surface area (Å²) in [6.07, 6.45) is -0.256. The smallest absolute Gasteiger partial charge is 0.338 e. The van der Waals surface area contributed by atoms with E-state index in [1.54, 1.807) is 44.2 Å². The molecular weight excluding hydrogens is 318 g/mol. The van der Waals surface area contributed by atoms with E-state index in [0.717, 1.165) is 0 Å². The summed E-state index contributed by atoms with van der Waals surface area (Å²) in [4.78, 5) is 12.0. The lowest BCUT2D eigenvalue weighted by atomic mass is 10.1. The van der Waals surface area contributed by atoms with Crippen LogP contribution in [0.15, 0.2) is 41.5 Å². The largest absolute Gasteiger partial charge is 0.459 e. The van der Waals surface area contributed by atoms with Gasteiger partial charge < -0.3 is 10.1 Å². The van der Waals surface area contributed by atoms with E-state index in [4.69, 9.17) is 15.5 Å². The Balaban J connectivity index is 2.39. The molecule has 2 aromatic rings. The Morgan fingerprint density at radius 2 is 1.96 bits per heavy atom. The van der Waals surface area contributed by atoms with Gasteiger partial charge >= 0.3 is 5.97 Å². The van der Waals surface area contributed by atoms with Gasteiger partial charge in [-0.25, -0.2) is 10.3 Å². The maximum atomic E-state index is 12.0. The summed E-state index contributed by atoms with van der Waals surface area (Å²) in [5, 5.41) is 24.8. The van der Waals surface area contributed by atoms with Gasteiger partial charge in [-0.3, -0.25) is 0 Å². The second kappa shape index (κ2) is 7.71. The van der Waals surface area contributed by atoms with Crippen LogP contribution in [0.4, 0.5) is 17.1 Å². The molecule has 0 atom stereocenters. The van der Waals surface area contributed by atoms with Crippen LogP contribution in [0.5, 0.6) is 0 Å². The summed E-state index contributed by atoms with van der Waals surface area (Å²) in [7, 11) is 0. The van der Waals surface area contributed by atoms with Crippen molar-refractivity contribution in [2.24, 2.45) is 5.11 Å². The van der Waals surface area contributed by atoms with Crippen LogP contribution in [0.3, 0.4) is 0 Å². The molecule has 0 unspecified atom stereocenters. The fourth-order valence-electron chi connectivity index (χ4n) is 2.15. The average Bonchev–Trinajstić information content (AvgIpc) is 2.61. The van der Waals surface area contributed by atoms with Crippen LogP contribution in [0, 0.1) is 28.2 Å². The maximum absolute atomic E-state index is 12.0. The number of ether oxygens (including phenoxy) is 1. The number of hydrogen-bond acceptors (Lipinski definition) is 7. The number of nitriles is 2. The second-order valence-electron chi connectivity index (χ2n) is 5.37. The SMILES string of the molecule is CC(C)OC(=O)c1ccc(Nc2cccc(C#N)c2C#N)c(N=N)c1. The molecule has 124 valence electrons. The summed E-state index contributed by atoms with van der Waals surface area (Å²) < 4.78 is 5.12. The van der Waals surface area contributed by atoms with Crippen LogP contribution in [-0.2, 0) is 4.74 Å². The first-order valence-corrected chi connectivity index (χ1v) is 7.43. The number of rotatable bonds is 5. The molecule has 0 amide bonds. The van der Waals surface area contributed by atoms with E-state index in [1.807, 2.05) is 12.1 Å². The molecule has 0 radical (unpaired) electrons.